The first-order chi connectivity index (χ1) is 5.77. The van der Waals surface area contributed by atoms with Crippen molar-refractivity contribution in [2.24, 2.45) is 0 Å². The molecule has 0 amide bonds. The summed E-state index contributed by atoms with van der Waals surface area (Å²) < 4.78 is 0. The normalized spacial score (nSPS) is 9.08. The van der Waals surface area contributed by atoms with E-state index in [2.05, 4.69) is 16.9 Å². The molecule has 2 N–H and O–H groups in total. The average molecular weight is 161 g/mol. The van der Waals surface area contributed by atoms with Crippen LogP contribution >= 0.6 is 0 Å². The molecule has 0 fully saturated rings. The van der Waals surface area contributed by atoms with Crippen molar-refractivity contribution in [1.29, 1.82) is 5.26 Å². The van der Waals surface area contributed by atoms with Crippen LogP contribution in [0.25, 0.3) is 0 Å². The Labute approximate surface area is 72.0 Å². The van der Waals surface area contributed by atoms with Gasteiger partial charge in [-0.3, -0.25) is 0 Å². The molecule has 0 aliphatic carbocycles. The summed E-state index contributed by atoms with van der Waals surface area (Å²) in [5, 5.41) is 8.62. The largest absolute Gasteiger partial charge is 0.321 e. The Kier molecular flexibility index (Phi) is 2.67. The van der Waals surface area contributed by atoms with Gasteiger partial charge in [0.2, 0.25) is 0 Å². The summed E-state index contributed by atoms with van der Waals surface area (Å²) in [4.78, 5) is 0. The van der Waals surface area contributed by atoms with Gasteiger partial charge in [0.1, 0.15) is 0 Å². The van der Waals surface area contributed by atoms with Gasteiger partial charge in [-0.1, -0.05) is 6.07 Å². The van der Waals surface area contributed by atoms with Crippen molar-refractivity contribution in [1.82, 2.24) is 5.43 Å². The number of hydrogen-bond acceptors (Lipinski definition) is 3. The number of nitrogens with one attached hydrogen (secondary N) is 2. The molecule has 0 aliphatic heterocycles. The van der Waals surface area contributed by atoms with Crippen LogP contribution in [0.2, 0.25) is 0 Å². The van der Waals surface area contributed by atoms with Crippen molar-refractivity contribution in [3.8, 4) is 6.07 Å². The molecule has 1 rings (SSSR count). The third kappa shape index (κ3) is 1.74. The predicted molar refractivity (Wildman–Crippen MR) is 48.6 cm³/mol. The fourth-order valence-electron chi connectivity index (χ4n) is 0.961. The van der Waals surface area contributed by atoms with Crippen LogP contribution in [0.15, 0.2) is 18.2 Å². The molecule has 0 saturated carbocycles. The second kappa shape index (κ2) is 3.74. The second-order valence-electron chi connectivity index (χ2n) is 2.52. The van der Waals surface area contributed by atoms with Crippen LogP contribution in [-0.2, 0) is 0 Å². The molecule has 0 spiro atoms. The fourth-order valence-corrected chi connectivity index (χ4v) is 0.961. The van der Waals surface area contributed by atoms with Gasteiger partial charge in [0, 0.05) is 7.05 Å². The number of rotatable bonds is 2. The first kappa shape index (κ1) is 8.57. The third-order valence-corrected chi connectivity index (χ3v) is 1.63. The quantitative estimate of drug-likeness (QED) is 0.645. The molecule has 62 valence electrons. The highest BCUT2D eigenvalue weighted by Gasteiger charge is 1.97. The Balaban J connectivity index is 3.01. The number of hydrogen-bond donors (Lipinski definition) is 2. The number of aryl methyl sites for hydroxylation is 1. The van der Waals surface area contributed by atoms with E-state index in [-0.39, 0.29) is 0 Å². The minimum absolute atomic E-state index is 0.665. The van der Waals surface area contributed by atoms with Crippen LogP contribution in [0.4, 0.5) is 5.69 Å². The molecule has 0 bridgehead atoms. The Hall–Kier alpha value is -1.53. The summed E-state index contributed by atoms with van der Waals surface area (Å²) in [6.07, 6.45) is 0. The zero-order valence-electron chi connectivity index (χ0n) is 7.18. The third-order valence-electron chi connectivity index (χ3n) is 1.63. The molecule has 0 unspecified atom stereocenters. The van der Waals surface area contributed by atoms with Gasteiger partial charge < -0.3 is 5.43 Å². The number of benzene rings is 1. The van der Waals surface area contributed by atoms with Crippen LogP contribution in [0.5, 0.6) is 0 Å². The summed E-state index contributed by atoms with van der Waals surface area (Å²) in [5.74, 6) is 0. The Bertz CT molecular complexity index is 312. The van der Waals surface area contributed by atoms with E-state index in [1.54, 1.807) is 13.1 Å². The number of nitrogens with zero attached hydrogens (tertiary/aromatic N) is 1. The van der Waals surface area contributed by atoms with Gasteiger partial charge in [0.25, 0.3) is 0 Å². The summed E-state index contributed by atoms with van der Waals surface area (Å²) in [6.45, 7) is 1.99. The molecule has 12 heavy (non-hydrogen) atoms. The predicted octanol–water partition coefficient (Wildman–Crippen LogP) is 1.41. The molecule has 1 aromatic carbocycles. The molecule has 0 radical (unpaired) electrons. The van der Waals surface area contributed by atoms with E-state index in [0.717, 1.165) is 11.3 Å². The standard InChI is InChI=1S/C9H11N3/c1-7-3-4-8(6-10)5-9(7)12-11-2/h3-5,11-12H,1-2H3. The van der Waals surface area contributed by atoms with Crippen LogP contribution in [-0.4, -0.2) is 7.05 Å². The van der Waals surface area contributed by atoms with Crippen molar-refractivity contribution in [3.63, 3.8) is 0 Å². The molecular formula is C9H11N3. The molecular weight excluding hydrogens is 150 g/mol. The minimum Gasteiger partial charge on any atom is -0.321 e. The lowest BCUT2D eigenvalue weighted by molar-refractivity contribution is 0.979. The van der Waals surface area contributed by atoms with Crippen molar-refractivity contribution in [2.45, 2.75) is 6.92 Å². The maximum absolute atomic E-state index is 8.62. The molecule has 0 aliphatic rings. The zero-order chi connectivity index (χ0) is 8.97. The number of nitriles is 1. The van der Waals surface area contributed by atoms with Crippen LogP contribution in [0.1, 0.15) is 11.1 Å². The van der Waals surface area contributed by atoms with E-state index in [1.807, 2.05) is 19.1 Å². The summed E-state index contributed by atoms with van der Waals surface area (Å²) in [6, 6.07) is 7.61. The van der Waals surface area contributed by atoms with Crippen LogP contribution in [0.3, 0.4) is 0 Å². The molecule has 0 saturated heterocycles. The molecule has 0 heterocycles. The van der Waals surface area contributed by atoms with Gasteiger partial charge in [0.05, 0.1) is 17.3 Å². The lowest BCUT2D eigenvalue weighted by atomic mass is 10.1. The van der Waals surface area contributed by atoms with E-state index >= 15 is 0 Å². The van der Waals surface area contributed by atoms with Crippen LogP contribution in [0, 0.1) is 18.3 Å². The summed E-state index contributed by atoms with van der Waals surface area (Å²) >= 11 is 0. The van der Waals surface area contributed by atoms with E-state index in [0.29, 0.717) is 5.56 Å². The maximum Gasteiger partial charge on any atom is 0.0992 e. The van der Waals surface area contributed by atoms with Crippen molar-refractivity contribution >= 4 is 5.69 Å². The molecule has 3 nitrogen and oxygen atoms in total. The van der Waals surface area contributed by atoms with E-state index < -0.39 is 0 Å². The second-order valence-corrected chi connectivity index (χ2v) is 2.52. The Morgan fingerprint density at radius 2 is 2.17 bits per heavy atom. The highest BCUT2D eigenvalue weighted by Crippen LogP contribution is 2.14. The smallest absolute Gasteiger partial charge is 0.0992 e. The van der Waals surface area contributed by atoms with Gasteiger partial charge >= 0.3 is 0 Å². The maximum atomic E-state index is 8.62. The number of anilines is 1. The number of hydrazine groups is 1. The van der Waals surface area contributed by atoms with Crippen molar-refractivity contribution < 1.29 is 0 Å². The summed E-state index contributed by atoms with van der Waals surface area (Å²) in [5.41, 5.74) is 8.49. The molecule has 0 aromatic heterocycles. The lowest BCUT2D eigenvalue weighted by Gasteiger charge is -2.07. The first-order valence-corrected chi connectivity index (χ1v) is 3.71. The van der Waals surface area contributed by atoms with E-state index in [1.165, 1.54) is 0 Å². The van der Waals surface area contributed by atoms with Crippen molar-refractivity contribution in [3.05, 3.63) is 29.3 Å². The van der Waals surface area contributed by atoms with Gasteiger partial charge in [-0.05, 0) is 24.6 Å². The zero-order valence-corrected chi connectivity index (χ0v) is 7.18. The first-order valence-electron chi connectivity index (χ1n) is 3.71. The molecule has 1 aromatic rings. The molecule has 0 atom stereocenters. The minimum atomic E-state index is 0.665. The van der Waals surface area contributed by atoms with Gasteiger partial charge in [0.15, 0.2) is 0 Å². The monoisotopic (exact) mass is 161 g/mol. The Morgan fingerprint density at radius 1 is 1.42 bits per heavy atom. The van der Waals surface area contributed by atoms with Gasteiger partial charge in [-0.25, -0.2) is 5.43 Å². The van der Waals surface area contributed by atoms with E-state index in [4.69, 9.17) is 5.26 Å². The topological polar surface area (TPSA) is 47.8 Å². The van der Waals surface area contributed by atoms with Crippen molar-refractivity contribution in [2.75, 3.05) is 12.5 Å². The lowest BCUT2D eigenvalue weighted by Crippen LogP contribution is -2.15. The highest BCUT2D eigenvalue weighted by molar-refractivity contribution is 5.54. The fraction of sp³-hybridized carbons (Fsp3) is 0.222. The summed E-state index contributed by atoms with van der Waals surface area (Å²) in [7, 11) is 1.79. The average Bonchev–Trinajstić information content (AvgIpc) is 2.09. The SMILES string of the molecule is CNNc1cc(C#N)ccc1C. The Morgan fingerprint density at radius 3 is 2.75 bits per heavy atom. The van der Waals surface area contributed by atoms with E-state index in [9.17, 15) is 0 Å². The van der Waals surface area contributed by atoms with Crippen LogP contribution < -0.4 is 10.9 Å². The highest BCUT2D eigenvalue weighted by atomic mass is 15.3. The van der Waals surface area contributed by atoms with Gasteiger partial charge in [-0.15, -0.1) is 0 Å². The van der Waals surface area contributed by atoms with Gasteiger partial charge in [-0.2, -0.15) is 5.26 Å². The molecule has 3 heteroatoms.